The van der Waals surface area contributed by atoms with E-state index in [-0.39, 0.29) is 18.6 Å². The maximum Gasteiger partial charge on any atom is 0.278 e. The van der Waals surface area contributed by atoms with Crippen molar-refractivity contribution in [2.45, 2.75) is 26.1 Å². The van der Waals surface area contributed by atoms with Gasteiger partial charge < -0.3 is 5.11 Å². The van der Waals surface area contributed by atoms with E-state index in [0.717, 1.165) is 5.56 Å². The van der Waals surface area contributed by atoms with Gasteiger partial charge in [-0.1, -0.05) is 23.7 Å². The van der Waals surface area contributed by atoms with Gasteiger partial charge in [0, 0.05) is 11.2 Å². The maximum atomic E-state index is 12.6. The largest absolute Gasteiger partial charge is 0.386 e. The van der Waals surface area contributed by atoms with Gasteiger partial charge in [0.1, 0.15) is 17.9 Å². The van der Waals surface area contributed by atoms with Crippen LogP contribution in [0.15, 0.2) is 47.7 Å². The van der Waals surface area contributed by atoms with Crippen LogP contribution in [0.1, 0.15) is 23.1 Å². The number of hydrogen-bond donors (Lipinski definition) is 1. The summed E-state index contributed by atoms with van der Waals surface area (Å²) in [6.07, 6.45) is 2.38. The normalized spacial score (nSPS) is 12.6. The van der Waals surface area contributed by atoms with E-state index >= 15 is 0 Å². The summed E-state index contributed by atoms with van der Waals surface area (Å²) in [5, 5.41) is 27.2. The summed E-state index contributed by atoms with van der Waals surface area (Å²) in [4.78, 5) is 13.9. The predicted molar refractivity (Wildman–Crippen MR) is 97.5 cm³/mol. The summed E-state index contributed by atoms with van der Waals surface area (Å²) >= 11 is 5.85. The maximum absolute atomic E-state index is 12.6. The Kier molecular flexibility index (Phi) is 4.46. The minimum Gasteiger partial charge on any atom is -0.386 e. The Hall–Kier alpha value is -3.04. The molecule has 4 rings (SSSR count). The second-order valence-corrected chi connectivity index (χ2v) is 6.62. The number of rotatable bonds is 5. The van der Waals surface area contributed by atoms with Gasteiger partial charge in [-0.05, 0) is 41.5 Å². The molecule has 27 heavy (non-hydrogen) atoms. The van der Waals surface area contributed by atoms with Crippen molar-refractivity contribution >= 4 is 17.1 Å². The van der Waals surface area contributed by atoms with E-state index in [1.165, 1.54) is 15.7 Å². The van der Waals surface area contributed by atoms with Gasteiger partial charge >= 0.3 is 0 Å². The number of aryl methyl sites for hydroxylation is 1. The average Bonchev–Trinajstić information content (AvgIpc) is 3.25. The molecule has 0 aliphatic carbocycles. The molecule has 3 heterocycles. The van der Waals surface area contributed by atoms with Crippen molar-refractivity contribution in [3.8, 4) is 0 Å². The Labute approximate surface area is 158 Å². The topological polar surface area (TPSA) is 103 Å². The minimum atomic E-state index is -0.798. The molecule has 0 spiro atoms. The molecule has 138 valence electrons. The zero-order valence-electron chi connectivity index (χ0n) is 14.4. The van der Waals surface area contributed by atoms with Crippen molar-refractivity contribution in [2.24, 2.45) is 0 Å². The zero-order valence-corrected chi connectivity index (χ0v) is 15.2. The molecule has 9 nitrogen and oxygen atoms in total. The van der Waals surface area contributed by atoms with Crippen molar-refractivity contribution in [1.82, 2.24) is 34.4 Å². The first kappa shape index (κ1) is 17.4. The number of aliphatic hydroxyl groups is 1. The Bertz CT molecular complexity index is 1150. The number of nitrogens with zero attached hydrogens (tertiary/aromatic N) is 7. The predicted octanol–water partition coefficient (Wildman–Crippen LogP) is 1.23. The van der Waals surface area contributed by atoms with Gasteiger partial charge in [-0.2, -0.15) is 9.90 Å². The summed E-state index contributed by atoms with van der Waals surface area (Å²) < 4.78 is 2.97. The van der Waals surface area contributed by atoms with Crippen LogP contribution in [0.25, 0.3) is 5.52 Å². The quantitative estimate of drug-likeness (QED) is 0.554. The Balaban J connectivity index is 1.51. The lowest BCUT2D eigenvalue weighted by Crippen LogP contribution is -2.24. The highest BCUT2D eigenvalue weighted by molar-refractivity contribution is 6.30. The molecule has 1 aromatic carbocycles. The van der Waals surface area contributed by atoms with Crippen LogP contribution < -0.4 is 5.56 Å². The van der Waals surface area contributed by atoms with E-state index < -0.39 is 6.10 Å². The van der Waals surface area contributed by atoms with Gasteiger partial charge in [0.15, 0.2) is 5.82 Å². The minimum absolute atomic E-state index is 0.138. The van der Waals surface area contributed by atoms with Crippen molar-refractivity contribution in [1.29, 1.82) is 0 Å². The highest BCUT2D eigenvalue weighted by Gasteiger charge is 2.13. The van der Waals surface area contributed by atoms with E-state index in [2.05, 4.69) is 20.5 Å². The fourth-order valence-electron chi connectivity index (χ4n) is 2.81. The third kappa shape index (κ3) is 3.46. The molecule has 0 radical (unpaired) electrons. The molecule has 0 unspecified atom stereocenters. The molecule has 1 atom stereocenters. The number of aliphatic hydroxyl groups excluding tert-OH is 1. The molecule has 0 amide bonds. The number of halogens is 1. The molecule has 0 aliphatic heterocycles. The van der Waals surface area contributed by atoms with E-state index in [9.17, 15) is 9.90 Å². The second kappa shape index (κ2) is 6.93. The van der Waals surface area contributed by atoms with Crippen molar-refractivity contribution in [2.75, 3.05) is 0 Å². The summed E-state index contributed by atoms with van der Waals surface area (Å²) in [7, 11) is 0. The van der Waals surface area contributed by atoms with E-state index in [4.69, 9.17) is 11.6 Å². The van der Waals surface area contributed by atoms with E-state index in [1.807, 2.05) is 13.0 Å². The Morgan fingerprint density at radius 1 is 1.22 bits per heavy atom. The molecule has 0 saturated carbocycles. The lowest BCUT2D eigenvalue weighted by molar-refractivity contribution is 0.144. The lowest BCUT2D eigenvalue weighted by Gasteiger charge is -2.09. The number of aromatic nitrogens is 7. The molecule has 3 aromatic heterocycles. The molecule has 0 aliphatic rings. The standard InChI is InChI=1S/C17H16ClN7O2/c1-11-6-7-24-16(11)17(27)23(10-19-24)9-15-20-22-25(21-15)8-14(26)12-2-4-13(18)5-3-12/h2-7,10,14,26H,8-9H2,1H3/t14-/m0/s1. The third-order valence-corrected chi connectivity index (χ3v) is 4.50. The summed E-state index contributed by atoms with van der Waals surface area (Å²) in [5.74, 6) is 0.357. The van der Waals surface area contributed by atoms with Gasteiger partial charge in [-0.15, -0.1) is 10.2 Å². The first-order valence-electron chi connectivity index (χ1n) is 8.25. The summed E-state index contributed by atoms with van der Waals surface area (Å²) in [6.45, 7) is 2.14. The number of fused-ring (bicyclic) bond motifs is 1. The van der Waals surface area contributed by atoms with Crippen molar-refractivity contribution < 1.29 is 5.11 Å². The van der Waals surface area contributed by atoms with Crippen LogP contribution in [0, 0.1) is 6.92 Å². The van der Waals surface area contributed by atoms with Crippen LogP contribution in [-0.2, 0) is 13.1 Å². The van der Waals surface area contributed by atoms with Crippen LogP contribution in [0.5, 0.6) is 0 Å². The smallest absolute Gasteiger partial charge is 0.278 e. The van der Waals surface area contributed by atoms with Crippen molar-refractivity contribution in [3.63, 3.8) is 0 Å². The number of hydrogen-bond acceptors (Lipinski definition) is 6. The molecular weight excluding hydrogens is 370 g/mol. The fraction of sp³-hybridized carbons (Fsp3) is 0.235. The first-order valence-corrected chi connectivity index (χ1v) is 8.62. The van der Waals surface area contributed by atoms with Crippen LogP contribution in [0.2, 0.25) is 5.02 Å². The average molecular weight is 386 g/mol. The number of tetrazole rings is 1. The fourth-order valence-corrected chi connectivity index (χ4v) is 2.94. The molecule has 0 fully saturated rings. The first-order chi connectivity index (χ1) is 13.0. The van der Waals surface area contributed by atoms with Crippen LogP contribution >= 0.6 is 11.6 Å². The second-order valence-electron chi connectivity index (χ2n) is 6.18. The number of benzene rings is 1. The van der Waals surface area contributed by atoms with Gasteiger partial charge in [0.05, 0.1) is 13.1 Å². The van der Waals surface area contributed by atoms with E-state index in [0.29, 0.717) is 21.9 Å². The molecule has 0 saturated heterocycles. The van der Waals surface area contributed by atoms with E-state index in [1.54, 1.807) is 35.0 Å². The lowest BCUT2D eigenvalue weighted by atomic mass is 10.1. The van der Waals surface area contributed by atoms with Gasteiger partial charge in [-0.3, -0.25) is 9.36 Å². The molecular formula is C17H16ClN7O2. The molecule has 1 N–H and O–H groups in total. The SMILES string of the molecule is Cc1ccn2ncn(Cc3nnn(C[C@H](O)c4ccc(Cl)cc4)n3)c(=O)c12. The molecule has 4 aromatic rings. The third-order valence-electron chi connectivity index (χ3n) is 4.24. The zero-order chi connectivity index (χ0) is 19.0. The van der Waals surface area contributed by atoms with Crippen molar-refractivity contribution in [3.05, 3.63) is 75.2 Å². The highest BCUT2D eigenvalue weighted by atomic mass is 35.5. The van der Waals surface area contributed by atoms with Crippen LogP contribution in [0.4, 0.5) is 0 Å². The Morgan fingerprint density at radius 3 is 2.78 bits per heavy atom. The van der Waals surface area contributed by atoms with Crippen LogP contribution in [-0.4, -0.2) is 39.5 Å². The summed E-state index contributed by atoms with van der Waals surface area (Å²) in [6, 6.07) is 8.73. The monoisotopic (exact) mass is 385 g/mol. The highest BCUT2D eigenvalue weighted by Crippen LogP contribution is 2.17. The van der Waals surface area contributed by atoms with Crippen LogP contribution in [0.3, 0.4) is 0 Å². The van der Waals surface area contributed by atoms with Gasteiger partial charge in [0.25, 0.3) is 5.56 Å². The van der Waals surface area contributed by atoms with Gasteiger partial charge in [0.2, 0.25) is 0 Å². The Morgan fingerprint density at radius 2 is 2.00 bits per heavy atom. The molecule has 10 heteroatoms. The van der Waals surface area contributed by atoms with Gasteiger partial charge in [-0.25, -0.2) is 4.52 Å². The molecule has 0 bridgehead atoms. The summed E-state index contributed by atoms with van der Waals surface area (Å²) in [5.41, 5.74) is 1.89.